The number of esters is 1. The zero-order valence-electron chi connectivity index (χ0n) is 22.3. The molecule has 0 amide bonds. The summed E-state index contributed by atoms with van der Waals surface area (Å²) in [6.07, 6.45) is 8.31. The summed E-state index contributed by atoms with van der Waals surface area (Å²) in [5, 5.41) is 33.5. The molecular weight excluding hydrogens is 444 g/mol. The Labute approximate surface area is 210 Å². The molecular formula is C29H46O6. The lowest BCUT2D eigenvalue weighted by molar-refractivity contribution is -0.237. The molecule has 1 saturated heterocycles. The van der Waals surface area contributed by atoms with Gasteiger partial charge in [0.2, 0.25) is 0 Å². The van der Waals surface area contributed by atoms with Crippen LogP contribution in [-0.4, -0.2) is 57.4 Å². The molecule has 5 aliphatic rings. The lowest BCUT2D eigenvalue weighted by atomic mass is 9.44. The third kappa shape index (κ3) is 3.45. The molecule has 0 aromatic heterocycles. The van der Waals surface area contributed by atoms with Gasteiger partial charge in [-0.15, -0.1) is 0 Å². The monoisotopic (exact) mass is 490 g/mol. The van der Waals surface area contributed by atoms with E-state index < -0.39 is 34.8 Å². The van der Waals surface area contributed by atoms with Gasteiger partial charge in [-0.2, -0.15) is 0 Å². The lowest BCUT2D eigenvalue weighted by Crippen LogP contribution is -2.72. The quantitative estimate of drug-likeness (QED) is 0.282. The van der Waals surface area contributed by atoms with E-state index in [-0.39, 0.29) is 30.5 Å². The predicted molar refractivity (Wildman–Crippen MR) is 132 cm³/mol. The number of carbonyl (C=O) groups excluding carboxylic acids is 1. The van der Waals surface area contributed by atoms with E-state index in [4.69, 9.17) is 9.47 Å². The van der Waals surface area contributed by atoms with E-state index in [2.05, 4.69) is 27.7 Å². The van der Waals surface area contributed by atoms with Crippen LogP contribution in [0.1, 0.15) is 92.4 Å². The average Bonchev–Trinajstić information content (AvgIpc) is 3.37. The van der Waals surface area contributed by atoms with Crippen LogP contribution in [0.25, 0.3) is 0 Å². The number of carbonyl (C=O) groups is 1. The molecule has 35 heavy (non-hydrogen) atoms. The third-order valence-corrected chi connectivity index (χ3v) is 11.0. The molecule has 6 heteroatoms. The molecule has 1 heterocycles. The first-order chi connectivity index (χ1) is 16.4. The maximum absolute atomic E-state index is 12.1. The SMILES string of the molecule is CC(=O)O[C@H]1C=C2[C@@H]3CC[C@H]([C@H](C)CCCC(C)C)[C@@]3(C)C[C@H]3O[C@@]23[C@@]2(CO)CC[C@H](O)C[C@]12O. The van der Waals surface area contributed by atoms with Gasteiger partial charge in [-0.3, -0.25) is 4.79 Å². The molecule has 10 atom stereocenters. The van der Waals surface area contributed by atoms with Crippen LogP contribution in [0.3, 0.4) is 0 Å². The lowest BCUT2D eigenvalue weighted by Gasteiger charge is -2.61. The zero-order chi connectivity index (χ0) is 25.4. The molecule has 198 valence electrons. The van der Waals surface area contributed by atoms with Crippen LogP contribution in [0.4, 0.5) is 0 Å². The second-order valence-electron chi connectivity index (χ2n) is 13.3. The van der Waals surface area contributed by atoms with Gasteiger partial charge in [-0.1, -0.05) is 47.0 Å². The zero-order valence-corrected chi connectivity index (χ0v) is 22.3. The standard InChI is InChI=1S/C29H46O6/c1-17(2)7-6-8-18(3)21-9-10-22-23-13-24(34-19(4)31)28(33)14-20(32)11-12-27(28,16-30)29(23)25(35-29)15-26(21,22)5/h13,17-18,20-22,24-25,30,32-33H,6-12,14-16H2,1-5H3/t18-,20+,21-,22+,24+,25-,26-,27-,28+,29+/m1/s1. The van der Waals surface area contributed by atoms with Crippen LogP contribution < -0.4 is 0 Å². The molecule has 0 aromatic rings. The number of ether oxygens (including phenoxy) is 2. The summed E-state index contributed by atoms with van der Waals surface area (Å²) in [5.41, 5.74) is -2.01. The van der Waals surface area contributed by atoms with Crippen molar-refractivity contribution < 1.29 is 29.6 Å². The van der Waals surface area contributed by atoms with Crippen LogP contribution in [0.2, 0.25) is 0 Å². The Morgan fingerprint density at radius 2 is 1.94 bits per heavy atom. The van der Waals surface area contributed by atoms with E-state index in [1.807, 2.05) is 6.08 Å². The van der Waals surface area contributed by atoms with Crippen molar-refractivity contribution in [3.63, 3.8) is 0 Å². The van der Waals surface area contributed by atoms with Crippen molar-refractivity contribution in [2.45, 2.75) is 122 Å². The molecule has 0 radical (unpaired) electrons. The summed E-state index contributed by atoms with van der Waals surface area (Å²) in [6.45, 7) is 10.5. The van der Waals surface area contributed by atoms with Gasteiger partial charge in [0.05, 0.1) is 24.2 Å². The van der Waals surface area contributed by atoms with Crippen LogP contribution in [0.5, 0.6) is 0 Å². The number of epoxide rings is 1. The Morgan fingerprint density at radius 3 is 2.60 bits per heavy atom. The van der Waals surface area contributed by atoms with Crippen molar-refractivity contribution in [3.05, 3.63) is 11.6 Å². The number of aliphatic hydroxyl groups is 3. The first kappa shape index (κ1) is 25.7. The fourth-order valence-electron chi connectivity index (χ4n) is 9.40. The van der Waals surface area contributed by atoms with Crippen molar-refractivity contribution in [1.82, 2.24) is 0 Å². The highest BCUT2D eigenvalue weighted by atomic mass is 16.6. The molecule has 0 aromatic carbocycles. The number of rotatable bonds is 7. The van der Waals surface area contributed by atoms with E-state index in [1.54, 1.807) is 0 Å². The fourth-order valence-corrected chi connectivity index (χ4v) is 9.40. The number of hydrogen-bond donors (Lipinski definition) is 3. The second kappa shape index (κ2) is 8.54. The first-order valence-electron chi connectivity index (χ1n) is 14.0. The van der Waals surface area contributed by atoms with Gasteiger partial charge in [0.15, 0.2) is 0 Å². The summed E-state index contributed by atoms with van der Waals surface area (Å²) in [7, 11) is 0. The Kier molecular flexibility index (Phi) is 6.27. The highest BCUT2D eigenvalue weighted by molar-refractivity contribution is 5.67. The maximum Gasteiger partial charge on any atom is 0.303 e. The number of hydrogen-bond acceptors (Lipinski definition) is 6. The van der Waals surface area contributed by atoms with Crippen LogP contribution in [0.15, 0.2) is 11.6 Å². The molecule has 4 fully saturated rings. The Morgan fingerprint density at radius 1 is 1.20 bits per heavy atom. The minimum absolute atomic E-state index is 0.0503. The van der Waals surface area contributed by atoms with Gasteiger partial charge in [0, 0.05) is 13.3 Å². The topological polar surface area (TPSA) is 99.5 Å². The van der Waals surface area contributed by atoms with Crippen molar-refractivity contribution >= 4 is 5.97 Å². The molecule has 3 N–H and O–H groups in total. The highest BCUT2D eigenvalue weighted by Crippen LogP contribution is 2.76. The molecule has 0 unspecified atom stereocenters. The molecule has 4 aliphatic carbocycles. The van der Waals surface area contributed by atoms with E-state index in [0.29, 0.717) is 24.7 Å². The number of aliphatic hydroxyl groups excluding tert-OH is 2. The van der Waals surface area contributed by atoms with Gasteiger partial charge in [0.25, 0.3) is 0 Å². The number of fused-ring (bicyclic) bond motifs is 3. The van der Waals surface area contributed by atoms with Gasteiger partial charge in [-0.25, -0.2) is 0 Å². The minimum atomic E-state index is -1.56. The average molecular weight is 491 g/mol. The maximum atomic E-state index is 12.1. The van der Waals surface area contributed by atoms with Crippen molar-refractivity contribution in [2.24, 2.45) is 34.5 Å². The summed E-state index contributed by atoms with van der Waals surface area (Å²) < 4.78 is 12.4. The van der Waals surface area contributed by atoms with Gasteiger partial charge < -0.3 is 24.8 Å². The van der Waals surface area contributed by atoms with Crippen LogP contribution in [-0.2, 0) is 14.3 Å². The largest absolute Gasteiger partial charge is 0.455 e. The summed E-state index contributed by atoms with van der Waals surface area (Å²) in [6, 6.07) is 0. The Hall–Kier alpha value is -0.950. The van der Waals surface area contributed by atoms with Gasteiger partial charge in [-0.05, 0) is 72.8 Å². The molecule has 1 aliphatic heterocycles. The molecule has 0 bridgehead atoms. The molecule has 1 spiro atoms. The first-order valence-corrected chi connectivity index (χ1v) is 14.0. The summed E-state index contributed by atoms with van der Waals surface area (Å²) >= 11 is 0. The van der Waals surface area contributed by atoms with Crippen LogP contribution in [0, 0.1) is 34.5 Å². The normalized spacial score (nSPS) is 48.8. The summed E-state index contributed by atoms with van der Waals surface area (Å²) in [5.74, 6) is 1.80. The smallest absolute Gasteiger partial charge is 0.303 e. The van der Waals surface area contributed by atoms with Crippen molar-refractivity contribution in [2.75, 3.05) is 6.61 Å². The molecule has 5 rings (SSSR count). The van der Waals surface area contributed by atoms with Crippen molar-refractivity contribution in [3.8, 4) is 0 Å². The Bertz CT molecular complexity index is 884. The fraction of sp³-hybridized carbons (Fsp3) is 0.897. The second-order valence-corrected chi connectivity index (χ2v) is 13.3. The molecule has 6 nitrogen and oxygen atoms in total. The van der Waals surface area contributed by atoms with Crippen molar-refractivity contribution in [1.29, 1.82) is 0 Å². The van der Waals surface area contributed by atoms with E-state index in [9.17, 15) is 20.1 Å². The van der Waals surface area contributed by atoms with E-state index >= 15 is 0 Å². The Balaban J connectivity index is 1.52. The minimum Gasteiger partial charge on any atom is -0.455 e. The van der Waals surface area contributed by atoms with E-state index in [1.165, 1.54) is 32.6 Å². The van der Waals surface area contributed by atoms with E-state index in [0.717, 1.165) is 24.3 Å². The van der Waals surface area contributed by atoms with Crippen LogP contribution >= 0.6 is 0 Å². The third-order valence-electron chi connectivity index (χ3n) is 11.0. The summed E-state index contributed by atoms with van der Waals surface area (Å²) in [4.78, 5) is 12.1. The predicted octanol–water partition coefficient (Wildman–Crippen LogP) is 4.15. The van der Waals surface area contributed by atoms with Gasteiger partial charge >= 0.3 is 5.97 Å². The molecule has 3 saturated carbocycles. The van der Waals surface area contributed by atoms with Gasteiger partial charge in [0.1, 0.15) is 17.3 Å². The highest BCUT2D eigenvalue weighted by Gasteiger charge is 2.83.